The Bertz CT molecular complexity index is 1230. The third-order valence-electron chi connectivity index (χ3n) is 8.12. The highest BCUT2D eigenvalue weighted by atomic mass is 14.7. The van der Waals surface area contributed by atoms with Crippen LogP contribution in [0, 0.1) is 0 Å². The van der Waals surface area contributed by atoms with E-state index in [1.165, 1.54) is 86.7 Å². The highest BCUT2D eigenvalue weighted by Gasteiger charge is 2.26. The molecule has 1 aromatic carbocycles. The molecule has 3 heteroatoms. The molecule has 0 N–H and O–H groups in total. The number of benzene rings is 1. The Morgan fingerprint density at radius 2 is 1.31 bits per heavy atom. The fourth-order valence-electron chi connectivity index (χ4n) is 5.23. The van der Waals surface area contributed by atoms with Crippen LogP contribution in [0.5, 0.6) is 0 Å². The van der Waals surface area contributed by atoms with Crippen molar-refractivity contribution < 1.29 is 0 Å². The quantitative estimate of drug-likeness (QED) is 0.161. The molecule has 0 amide bonds. The normalized spacial score (nSPS) is 13.3. The summed E-state index contributed by atoms with van der Waals surface area (Å²) in [5.41, 5.74) is 6.56. The summed E-state index contributed by atoms with van der Waals surface area (Å²) in [6.07, 6.45) is 18.7. The average Bonchev–Trinajstić information content (AvgIpc) is 3.89. The van der Waals surface area contributed by atoms with Gasteiger partial charge in [0.15, 0.2) is 0 Å². The van der Waals surface area contributed by atoms with Gasteiger partial charge in [0.1, 0.15) is 0 Å². The molecule has 0 spiro atoms. The zero-order valence-corrected chi connectivity index (χ0v) is 26.8. The van der Waals surface area contributed by atoms with Crippen LogP contribution in [0.1, 0.15) is 128 Å². The van der Waals surface area contributed by atoms with Crippen LogP contribution in [0.25, 0.3) is 11.3 Å². The van der Waals surface area contributed by atoms with Crippen molar-refractivity contribution in [2.45, 2.75) is 116 Å². The third kappa shape index (κ3) is 11.5. The van der Waals surface area contributed by atoms with Crippen molar-refractivity contribution in [2.24, 2.45) is 0 Å². The number of rotatable bonds is 12. The number of hydrogen-bond donors (Lipinski definition) is 0. The van der Waals surface area contributed by atoms with Crippen molar-refractivity contribution in [3.05, 3.63) is 114 Å². The van der Waals surface area contributed by atoms with E-state index in [4.69, 9.17) is 0 Å². The van der Waals surface area contributed by atoms with E-state index in [1.807, 2.05) is 42.9 Å². The average molecular weight is 564 g/mol. The minimum Gasteiger partial charge on any atom is -0.261 e. The third-order valence-corrected chi connectivity index (χ3v) is 8.12. The summed E-state index contributed by atoms with van der Waals surface area (Å²) >= 11 is 0. The zero-order chi connectivity index (χ0) is 30.0. The molecule has 0 saturated heterocycles. The molecule has 1 atom stereocenters. The van der Waals surface area contributed by atoms with E-state index in [1.54, 1.807) is 0 Å². The van der Waals surface area contributed by atoms with Gasteiger partial charge in [0, 0.05) is 41.0 Å². The highest BCUT2D eigenvalue weighted by molar-refractivity contribution is 5.64. The minimum atomic E-state index is 0.233. The number of pyridine rings is 3. The van der Waals surface area contributed by atoms with Crippen LogP contribution in [0.2, 0.25) is 0 Å². The van der Waals surface area contributed by atoms with Gasteiger partial charge in [0.2, 0.25) is 0 Å². The fraction of sp³-hybridized carbons (Fsp3) is 0.462. The molecular formula is C39H53N3. The Hall–Kier alpha value is -3.33. The summed E-state index contributed by atoms with van der Waals surface area (Å²) in [7, 11) is 0. The SMILES string of the molecule is CCCCCC(C)(C)c1ccccn1.CCCCCC(C)c1ccccn1.c1ccc(-c2ccccc2C2CC2)nc1. The lowest BCUT2D eigenvalue weighted by atomic mass is 9.83. The van der Waals surface area contributed by atoms with E-state index in [0.29, 0.717) is 5.92 Å². The van der Waals surface area contributed by atoms with Gasteiger partial charge < -0.3 is 0 Å². The molecule has 0 aliphatic heterocycles. The highest BCUT2D eigenvalue weighted by Crippen LogP contribution is 2.43. The van der Waals surface area contributed by atoms with Crippen LogP contribution >= 0.6 is 0 Å². The molecule has 1 unspecified atom stereocenters. The molecule has 5 rings (SSSR count). The largest absolute Gasteiger partial charge is 0.261 e. The monoisotopic (exact) mass is 563 g/mol. The standard InChI is InChI=1S/C14H13N.C13H21N.C12H19N/c1-2-6-13(12(5-1)11-8-9-11)14-7-3-4-10-15-14;1-4-5-7-10-13(2,3)12-9-6-8-11-14-12;1-3-4-5-8-11(2)12-9-6-7-10-13-12/h1-7,10-11H,8-9H2;6,8-9,11H,4-5,7,10H2,1-3H3;6-7,9-11H,3-5,8H2,1-2H3. The van der Waals surface area contributed by atoms with Gasteiger partial charge in [0.25, 0.3) is 0 Å². The van der Waals surface area contributed by atoms with E-state index in [0.717, 1.165) is 11.6 Å². The van der Waals surface area contributed by atoms with Crippen LogP contribution in [0.4, 0.5) is 0 Å². The smallest absolute Gasteiger partial charge is 0.0704 e. The Kier molecular flexibility index (Phi) is 14.4. The zero-order valence-electron chi connectivity index (χ0n) is 26.8. The summed E-state index contributed by atoms with van der Waals surface area (Å²) in [4.78, 5) is 13.2. The molecule has 1 aliphatic carbocycles. The lowest BCUT2D eigenvalue weighted by Gasteiger charge is -2.23. The predicted molar refractivity (Wildman–Crippen MR) is 180 cm³/mol. The maximum atomic E-state index is 4.43. The second kappa shape index (κ2) is 18.3. The Labute approximate surface area is 256 Å². The fourth-order valence-corrected chi connectivity index (χ4v) is 5.23. The first-order chi connectivity index (χ1) is 20.5. The molecule has 224 valence electrons. The second-order valence-electron chi connectivity index (χ2n) is 12.3. The van der Waals surface area contributed by atoms with Crippen molar-refractivity contribution in [1.29, 1.82) is 0 Å². The summed E-state index contributed by atoms with van der Waals surface area (Å²) in [6.45, 7) is 11.3. The number of nitrogens with zero attached hydrogens (tertiary/aromatic N) is 3. The predicted octanol–water partition coefficient (Wildman–Crippen LogP) is 11.3. The van der Waals surface area contributed by atoms with Crippen LogP contribution < -0.4 is 0 Å². The summed E-state index contributed by atoms with van der Waals surface area (Å²) in [5.74, 6) is 1.40. The molecule has 1 fully saturated rings. The van der Waals surface area contributed by atoms with Gasteiger partial charge in [-0.2, -0.15) is 0 Å². The molecule has 1 aliphatic rings. The number of aromatic nitrogens is 3. The summed E-state index contributed by atoms with van der Waals surface area (Å²) < 4.78 is 0. The van der Waals surface area contributed by atoms with Gasteiger partial charge in [-0.1, -0.05) is 116 Å². The summed E-state index contributed by atoms with van der Waals surface area (Å²) in [6, 6.07) is 27.1. The van der Waals surface area contributed by atoms with Gasteiger partial charge in [-0.15, -0.1) is 0 Å². The maximum Gasteiger partial charge on any atom is 0.0704 e. The van der Waals surface area contributed by atoms with Gasteiger partial charge in [0.05, 0.1) is 5.69 Å². The van der Waals surface area contributed by atoms with Gasteiger partial charge in [-0.05, 0) is 79.5 Å². The van der Waals surface area contributed by atoms with Crippen molar-refractivity contribution >= 4 is 0 Å². The van der Waals surface area contributed by atoms with Crippen LogP contribution in [0.3, 0.4) is 0 Å². The topological polar surface area (TPSA) is 38.7 Å². The molecule has 42 heavy (non-hydrogen) atoms. The molecule has 3 aromatic heterocycles. The molecule has 1 saturated carbocycles. The Balaban J connectivity index is 0.000000174. The van der Waals surface area contributed by atoms with E-state index in [9.17, 15) is 0 Å². The minimum absolute atomic E-state index is 0.233. The molecule has 0 bridgehead atoms. The first kappa shape index (κ1) is 33.2. The van der Waals surface area contributed by atoms with E-state index < -0.39 is 0 Å². The number of unbranched alkanes of at least 4 members (excludes halogenated alkanes) is 4. The molecule has 3 heterocycles. The van der Waals surface area contributed by atoms with Crippen molar-refractivity contribution in [2.75, 3.05) is 0 Å². The first-order valence-corrected chi connectivity index (χ1v) is 16.3. The lowest BCUT2D eigenvalue weighted by Crippen LogP contribution is -2.18. The Morgan fingerprint density at radius 1 is 0.690 bits per heavy atom. The van der Waals surface area contributed by atoms with Crippen LogP contribution in [0.15, 0.2) is 97.5 Å². The van der Waals surface area contributed by atoms with Crippen molar-refractivity contribution in [1.82, 2.24) is 15.0 Å². The van der Waals surface area contributed by atoms with E-state index in [2.05, 4.69) is 104 Å². The molecular weight excluding hydrogens is 510 g/mol. The van der Waals surface area contributed by atoms with Crippen LogP contribution in [-0.4, -0.2) is 15.0 Å². The van der Waals surface area contributed by atoms with Crippen molar-refractivity contribution in [3.63, 3.8) is 0 Å². The molecule has 0 radical (unpaired) electrons. The second-order valence-corrected chi connectivity index (χ2v) is 12.3. The van der Waals surface area contributed by atoms with E-state index in [-0.39, 0.29) is 5.41 Å². The van der Waals surface area contributed by atoms with Gasteiger partial charge in [-0.25, -0.2) is 0 Å². The van der Waals surface area contributed by atoms with E-state index >= 15 is 0 Å². The van der Waals surface area contributed by atoms with Gasteiger partial charge >= 0.3 is 0 Å². The van der Waals surface area contributed by atoms with Crippen LogP contribution in [-0.2, 0) is 5.41 Å². The Morgan fingerprint density at radius 3 is 1.90 bits per heavy atom. The molecule has 4 aromatic rings. The summed E-state index contributed by atoms with van der Waals surface area (Å²) in [5, 5.41) is 0. The van der Waals surface area contributed by atoms with Crippen molar-refractivity contribution in [3.8, 4) is 11.3 Å². The van der Waals surface area contributed by atoms with Gasteiger partial charge in [-0.3, -0.25) is 15.0 Å². The number of hydrogen-bond acceptors (Lipinski definition) is 3. The molecule has 3 nitrogen and oxygen atoms in total. The maximum absolute atomic E-state index is 4.43. The first-order valence-electron chi connectivity index (χ1n) is 16.3. The lowest BCUT2D eigenvalue weighted by molar-refractivity contribution is 0.439.